The second-order valence-electron chi connectivity index (χ2n) is 6.15. The first-order chi connectivity index (χ1) is 13.4. The summed E-state index contributed by atoms with van der Waals surface area (Å²) in [5.41, 5.74) is 1.01. The van der Waals surface area contributed by atoms with Gasteiger partial charge < -0.3 is 13.9 Å². The molecule has 0 fully saturated rings. The standard InChI is InChI=1S/C22H18O6/c1-4-21(24)26-15-7-5-14(6-8-15)20-12-18(23)17-11-16(9-10-19(17)28-20)27-22(25)13(2)3/h5-12H,2,4H2,1,3H3. The zero-order valence-corrected chi connectivity index (χ0v) is 15.5. The number of esters is 2. The molecular formula is C22H18O6. The molecule has 142 valence electrons. The lowest BCUT2D eigenvalue weighted by atomic mass is 10.1. The van der Waals surface area contributed by atoms with Crippen LogP contribution in [0.4, 0.5) is 0 Å². The van der Waals surface area contributed by atoms with Crippen LogP contribution in [0, 0.1) is 0 Å². The van der Waals surface area contributed by atoms with Crippen LogP contribution in [0.5, 0.6) is 11.5 Å². The Morgan fingerprint density at radius 2 is 1.68 bits per heavy atom. The van der Waals surface area contributed by atoms with E-state index in [1.54, 1.807) is 50.2 Å². The number of fused-ring (bicyclic) bond motifs is 1. The van der Waals surface area contributed by atoms with Crippen LogP contribution in [0.15, 0.2) is 69.9 Å². The Bertz CT molecular complexity index is 1120. The molecule has 6 heteroatoms. The van der Waals surface area contributed by atoms with Crippen molar-refractivity contribution in [2.24, 2.45) is 0 Å². The van der Waals surface area contributed by atoms with Crippen LogP contribution in [-0.2, 0) is 9.59 Å². The zero-order valence-electron chi connectivity index (χ0n) is 15.5. The predicted molar refractivity (Wildman–Crippen MR) is 104 cm³/mol. The van der Waals surface area contributed by atoms with E-state index in [-0.39, 0.29) is 29.1 Å². The number of hydrogen-bond acceptors (Lipinski definition) is 6. The number of hydrogen-bond donors (Lipinski definition) is 0. The maximum Gasteiger partial charge on any atom is 0.338 e. The van der Waals surface area contributed by atoms with Crippen molar-refractivity contribution in [2.45, 2.75) is 20.3 Å². The normalized spacial score (nSPS) is 10.5. The van der Waals surface area contributed by atoms with E-state index in [2.05, 4.69) is 6.58 Å². The summed E-state index contributed by atoms with van der Waals surface area (Å²) in [6, 6.07) is 12.6. The average Bonchev–Trinajstić information content (AvgIpc) is 2.68. The SMILES string of the molecule is C=C(C)C(=O)Oc1ccc2oc(-c3ccc(OC(=O)CC)cc3)cc(=O)c2c1. The van der Waals surface area contributed by atoms with Gasteiger partial charge >= 0.3 is 11.9 Å². The Morgan fingerprint density at radius 3 is 2.32 bits per heavy atom. The van der Waals surface area contributed by atoms with Crippen molar-refractivity contribution < 1.29 is 23.5 Å². The van der Waals surface area contributed by atoms with E-state index in [1.165, 1.54) is 12.1 Å². The van der Waals surface area contributed by atoms with Crippen molar-refractivity contribution in [3.05, 3.63) is 70.9 Å². The van der Waals surface area contributed by atoms with Crippen molar-refractivity contribution >= 4 is 22.9 Å². The average molecular weight is 378 g/mol. The van der Waals surface area contributed by atoms with E-state index in [0.717, 1.165) is 0 Å². The fraction of sp³-hybridized carbons (Fsp3) is 0.136. The van der Waals surface area contributed by atoms with Gasteiger partial charge in [0, 0.05) is 23.6 Å². The first kappa shape index (κ1) is 19.1. The van der Waals surface area contributed by atoms with Gasteiger partial charge in [0.25, 0.3) is 0 Å². The summed E-state index contributed by atoms with van der Waals surface area (Å²) < 4.78 is 16.1. The molecule has 0 aliphatic carbocycles. The van der Waals surface area contributed by atoms with Crippen LogP contribution < -0.4 is 14.9 Å². The van der Waals surface area contributed by atoms with Gasteiger partial charge in [0.15, 0.2) is 5.43 Å². The van der Waals surface area contributed by atoms with E-state index in [4.69, 9.17) is 13.9 Å². The first-order valence-electron chi connectivity index (χ1n) is 8.64. The van der Waals surface area contributed by atoms with E-state index >= 15 is 0 Å². The van der Waals surface area contributed by atoms with Gasteiger partial charge in [-0.2, -0.15) is 0 Å². The highest BCUT2D eigenvalue weighted by Crippen LogP contribution is 2.26. The topological polar surface area (TPSA) is 82.8 Å². The highest BCUT2D eigenvalue weighted by molar-refractivity contribution is 5.89. The van der Waals surface area contributed by atoms with Crippen molar-refractivity contribution in [3.8, 4) is 22.8 Å². The molecule has 1 aromatic heterocycles. The van der Waals surface area contributed by atoms with Crippen molar-refractivity contribution in [1.29, 1.82) is 0 Å². The van der Waals surface area contributed by atoms with Crippen LogP contribution >= 0.6 is 0 Å². The van der Waals surface area contributed by atoms with Crippen LogP contribution in [0.25, 0.3) is 22.3 Å². The molecule has 0 saturated carbocycles. The minimum absolute atomic E-state index is 0.239. The summed E-state index contributed by atoms with van der Waals surface area (Å²) in [5, 5.41) is 0.296. The summed E-state index contributed by atoms with van der Waals surface area (Å²) >= 11 is 0. The molecular weight excluding hydrogens is 360 g/mol. The molecule has 0 aliphatic rings. The predicted octanol–water partition coefficient (Wildman–Crippen LogP) is 4.26. The molecule has 1 heterocycles. The molecule has 3 rings (SSSR count). The maximum absolute atomic E-state index is 12.5. The Morgan fingerprint density at radius 1 is 1.00 bits per heavy atom. The smallest absolute Gasteiger partial charge is 0.338 e. The quantitative estimate of drug-likeness (QED) is 0.375. The highest BCUT2D eigenvalue weighted by Gasteiger charge is 2.11. The van der Waals surface area contributed by atoms with Gasteiger partial charge in [-0.25, -0.2) is 4.79 Å². The van der Waals surface area contributed by atoms with Gasteiger partial charge in [-0.1, -0.05) is 13.5 Å². The maximum atomic E-state index is 12.5. The Labute approximate surface area is 161 Å². The van der Waals surface area contributed by atoms with Gasteiger partial charge in [-0.15, -0.1) is 0 Å². The number of ether oxygens (including phenoxy) is 2. The van der Waals surface area contributed by atoms with Gasteiger partial charge in [0.05, 0.1) is 5.39 Å². The second kappa shape index (κ2) is 7.92. The van der Waals surface area contributed by atoms with Crippen molar-refractivity contribution in [3.63, 3.8) is 0 Å². The molecule has 3 aromatic rings. The van der Waals surface area contributed by atoms with Gasteiger partial charge in [0.2, 0.25) is 0 Å². The Kier molecular flexibility index (Phi) is 5.40. The molecule has 0 N–H and O–H groups in total. The molecule has 0 spiro atoms. The summed E-state index contributed by atoms with van der Waals surface area (Å²) in [5.74, 6) is 0.139. The molecule has 0 saturated heterocycles. The van der Waals surface area contributed by atoms with Crippen LogP contribution in [0.2, 0.25) is 0 Å². The van der Waals surface area contributed by atoms with Crippen molar-refractivity contribution in [1.82, 2.24) is 0 Å². The lowest BCUT2D eigenvalue weighted by Gasteiger charge is -2.07. The Hall–Kier alpha value is -3.67. The Balaban J connectivity index is 1.91. The summed E-state index contributed by atoms with van der Waals surface area (Å²) in [7, 11) is 0. The third kappa shape index (κ3) is 4.17. The largest absolute Gasteiger partial charge is 0.456 e. The van der Waals surface area contributed by atoms with Gasteiger partial charge in [-0.3, -0.25) is 9.59 Å². The number of carbonyl (C=O) groups excluding carboxylic acids is 2. The molecule has 0 bridgehead atoms. The summed E-state index contributed by atoms with van der Waals surface area (Å²) in [4.78, 5) is 35.5. The number of carbonyl (C=O) groups is 2. The molecule has 0 aliphatic heterocycles. The lowest BCUT2D eigenvalue weighted by molar-refractivity contribution is -0.134. The molecule has 0 unspecified atom stereocenters. The molecule has 0 amide bonds. The molecule has 0 atom stereocenters. The number of rotatable bonds is 5. The third-order valence-corrected chi connectivity index (χ3v) is 3.92. The van der Waals surface area contributed by atoms with E-state index in [9.17, 15) is 14.4 Å². The third-order valence-electron chi connectivity index (χ3n) is 3.92. The van der Waals surface area contributed by atoms with E-state index < -0.39 is 5.97 Å². The summed E-state index contributed by atoms with van der Waals surface area (Å²) in [6.45, 7) is 6.77. The minimum Gasteiger partial charge on any atom is -0.456 e. The molecule has 6 nitrogen and oxygen atoms in total. The summed E-state index contributed by atoms with van der Waals surface area (Å²) in [6.07, 6.45) is 0.283. The van der Waals surface area contributed by atoms with Crippen LogP contribution in [0.3, 0.4) is 0 Å². The van der Waals surface area contributed by atoms with Crippen LogP contribution in [-0.4, -0.2) is 11.9 Å². The number of benzene rings is 2. The monoisotopic (exact) mass is 378 g/mol. The molecule has 28 heavy (non-hydrogen) atoms. The first-order valence-corrected chi connectivity index (χ1v) is 8.64. The fourth-order valence-electron chi connectivity index (χ4n) is 2.43. The van der Waals surface area contributed by atoms with Gasteiger partial charge in [-0.05, 0) is 49.4 Å². The molecule has 0 radical (unpaired) electrons. The van der Waals surface area contributed by atoms with Gasteiger partial charge in [0.1, 0.15) is 22.8 Å². The zero-order chi connectivity index (χ0) is 20.3. The van der Waals surface area contributed by atoms with E-state index in [0.29, 0.717) is 28.0 Å². The van der Waals surface area contributed by atoms with Crippen LogP contribution in [0.1, 0.15) is 20.3 Å². The lowest BCUT2D eigenvalue weighted by Crippen LogP contribution is -2.09. The van der Waals surface area contributed by atoms with E-state index in [1.807, 2.05) is 0 Å². The minimum atomic E-state index is -0.566. The second-order valence-corrected chi connectivity index (χ2v) is 6.15. The molecule has 2 aromatic carbocycles. The highest BCUT2D eigenvalue weighted by atomic mass is 16.5. The van der Waals surface area contributed by atoms with Crippen molar-refractivity contribution in [2.75, 3.05) is 0 Å². The fourth-order valence-corrected chi connectivity index (χ4v) is 2.43.